The first-order chi connectivity index (χ1) is 9.76. The fourth-order valence-corrected chi connectivity index (χ4v) is 1.52. The van der Waals surface area contributed by atoms with Crippen molar-refractivity contribution in [2.45, 2.75) is 39.4 Å². The molecular weight excluding hydrogens is 280 g/mol. The lowest BCUT2D eigenvalue weighted by Gasteiger charge is -2.18. The van der Waals surface area contributed by atoms with Crippen LogP contribution in [-0.4, -0.2) is 31.3 Å². The van der Waals surface area contributed by atoms with E-state index in [1.807, 2.05) is 20.8 Å². The summed E-state index contributed by atoms with van der Waals surface area (Å²) in [6.45, 7) is 3.29. The SMILES string of the molecule is CC(C)(C)OCC(=O)NCCc1ccc(OC(F)F)cc1. The first-order valence-electron chi connectivity index (χ1n) is 6.71. The third-order valence-corrected chi connectivity index (χ3v) is 2.52. The number of benzene rings is 1. The first-order valence-corrected chi connectivity index (χ1v) is 6.71. The van der Waals surface area contributed by atoms with E-state index >= 15 is 0 Å². The quantitative estimate of drug-likeness (QED) is 0.842. The standard InChI is InChI=1S/C15H21F2NO3/c1-15(2,3)20-10-13(19)18-9-8-11-4-6-12(7-5-11)21-14(16)17/h4-7,14H,8-10H2,1-3H3,(H,18,19). The number of amides is 1. The Balaban J connectivity index is 2.27. The molecule has 0 aliphatic carbocycles. The molecule has 0 unspecified atom stereocenters. The van der Waals surface area contributed by atoms with Gasteiger partial charge in [-0.15, -0.1) is 0 Å². The van der Waals surface area contributed by atoms with Crippen LogP contribution in [0.4, 0.5) is 8.78 Å². The summed E-state index contributed by atoms with van der Waals surface area (Å²) in [6.07, 6.45) is 0.607. The molecule has 0 heterocycles. The van der Waals surface area contributed by atoms with E-state index in [2.05, 4.69) is 10.1 Å². The molecule has 0 saturated heterocycles. The first kappa shape index (κ1) is 17.4. The average molecular weight is 301 g/mol. The third-order valence-electron chi connectivity index (χ3n) is 2.52. The van der Waals surface area contributed by atoms with Crippen LogP contribution in [0.2, 0.25) is 0 Å². The van der Waals surface area contributed by atoms with Crippen molar-refractivity contribution in [1.82, 2.24) is 5.32 Å². The normalized spacial score (nSPS) is 11.5. The van der Waals surface area contributed by atoms with Crippen molar-refractivity contribution in [3.8, 4) is 5.75 Å². The summed E-state index contributed by atoms with van der Waals surface area (Å²) in [7, 11) is 0. The Kier molecular flexibility index (Phi) is 6.55. The largest absolute Gasteiger partial charge is 0.435 e. The highest BCUT2D eigenvalue weighted by Crippen LogP contribution is 2.15. The number of halogens is 2. The molecule has 21 heavy (non-hydrogen) atoms. The van der Waals surface area contributed by atoms with Gasteiger partial charge in [-0.3, -0.25) is 4.79 Å². The van der Waals surface area contributed by atoms with Gasteiger partial charge in [-0.2, -0.15) is 8.78 Å². The lowest BCUT2D eigenvalue weighted by molar-refractivity contribution is -0.130. The number of ether oxygens (including phenoxy) is 2. The second-order valence-corrected chi connectivity index (χ2v) is 5.52. The van der Waals surface area contributed by atoms with Gasteiger partial charge in [0.15, 0.2) is 0 Å². The predicted octanol–water partition coefficient (Wildman–Crippen LogP) is 2.76. The lowest BCUT2D eigenvalue weighted by atomic mass is 10.1. The number of carbonyl (C=O) groups is 1. The van der Waals surface area contributed by atoms with Gasteiger partial charge in [-0.1, -0.05) is 12.1 Å². The van der Waals surface area contributed by atoms with Crippen LogP contribution >= 0.6 is 0 Å². The number of hydrogen-bond donors (Lipinski definition) is 1. The zero-order chi connectivity index (χ0) is 15.9. The number of rotatable bonds is 7. The highest BCUT2D eigenvalue weighted by molar-refractivity contribution is 5.77. The summed E-state index contributed by atoms with van der Waals surface area (Å²) in [6, 6.07) is 6.34. The number of nitrogens with one attached hydrogen (secondary N) is 1. The molecule has 1 N–H and O–H groups in total. The Bertz CT molecular complexity index is 441. The van der Waals surface area contributed by atoms with Crippen molar-refractivity contribution in [1.29, 1.82) is 0 Å². The van der Waals surface area contributed by atoms with Gasteiger partial charge in [-0.05, 0) is 44.9 Å². The highest BCUT2D eigenvalue weighted by Gasteiger charge is 2.12. The fourth-order valence-electron chi connectivity index (χ4n) is 1.52. The van der Waals surface area contributed by atoms with Crippen LogP contribution in [0.1, 0.15) is 26.3 Å². The maximum absolute atomic E-state index is 12.0. The Morgan fingerprint density at radius 1 is 1.24 bits per heavy atom. The maximum Gasteiger partial charge on any atom is 0.387 e. The predicted molar refractivity (Wildman–Crippen MR) is 75.5 cm³/mol. The van der Waals surface area contributed by atoms with Crippen LogP contribution in [0.15, 0.2) is 24.3 Å². The monoisotopic (exact) mass is 301 g/mol. The molecule has 1 amide bonds. The van der Waals surface area contributed by atoms with E-state index in [1.54, 1.807) is 12.1 Å². The molecular formula is C15H21F2NO3. The van der Waals surface area contributed by atoms with Crippen molar-refractivity contribution < 1.29 is 23.0 Å². The van der Waals surface area contributed by atoms with E-state index in [0.717, 1.165) is 5.56 Å². The van der Waals surface area contributed by atoms with Crippen LogP contribution in [0, 0.1) is 0 Å². The van der Waals surface area contributed by atoms with Gasteiger partial charge in [0.1, 0.15) is 12.4 Å². The topological polar surface area (TPSA) is 47.6 Å². The van der Waals surface area contributed by atoms with Crippen molar-refractivity contribution in [3.05, 3.63) is 29.8 Å². The Labute approximate surface area is 123 Å². The summed E-state index contributed by atoms with van der Waals surface area (Å²) in [5, 5.41) is 2.74. The summed E-state index contributed by atoms with van der Waals surface area (Å²) < 4.78 is 33.6. The Morgan fingerprint density at radius 2 is 1.86 bits per heavy atom. The van der Waals surface area contributed by atoms with Crippen LogP contribution in [0.25, 0.3) is 0 Å². The minimum absolute atomic E-state index is 0.0185. The minimum Gasteiger partial charge on any atom is -0.435 e. The van der Waals surface area contributed by atoms with Crippen molar-refractivity contribution in [2.24, 2.45) is 0 Å². The molecule has 4 nitrogen and oxygen atoms in total. The zero-order valence-electron chi connectivity index (χ0n) is 12.5. The van der Waals surface area contributed by atoms with E-state index in [-0.39, 0.29) is 23.9 Å². The molecule has 0 aliphatic rings. The van der Waals surface area contributed by atoms with Gasteiger partial charge in [0.2, 0.25) is 5.91 Å². The van der Waals surface area contributed by atoms with Gasteiger partial charge in [0.25, 0.3) is 0 Å². The zero-order valence-corrected chi connectivity index (χ0v) is 12.5. The highest BCUT2D eigenvalue weighted by atomic mass is 19.3. The maximum atomic E-state index is 12.0. The van der Waals surface area contributed by atoms with E-state index < -0.39 is 6.61 Å². The molecule has 0 spiro atoms. The van der Waals surface area contributed by atoms with Gasteiger partial charge >= 0.3 is 6.61 Å². The van der Waals surface area contributed by atoms with E-state index in [4.69, 9.17) is 4.74 Å². The van der Waals surface area contributed by atoms with E-state index in [9.17, 15) is 13.6 Å². The summed E-state index contributed by atoms with van der Waals surface area (Å²) in [5.74, 6) is -0.0565. The van der Waals surface area contributed by atoms with Crippen molar-refractivity contribution in [2.75, 3.05) is 13.2 Å². The Hall–Kier alpha value is -1.69. The number of carbonyl (C=O) groups excluding carboxylic acids is 1. The van der Waals surface area contributed by atoms with Crippen LogP contribution in [-0.2, 0) is 16.0 Å². The molecule has 0 aliphatic heterocycles. The van der Waals surface area contributed by atoms with Gasteiger partial charge < -0.3 is 14.8 Å². The number of hydrogen-bond acceptors (Lipinski definition) is 3. The van der Waals surface area contributed by atoms with Crippen molar-refractivity contribution in [3.63, 3.8) is 0 Å². The fraction of sp³-hybridized carbons (Fsp3) is 0.533. The van der Waals surface area contributed by atoms with Gasteiger partial charge in [0, 0.05) is 6.54 Å². The van der Waals surface area contributed by atoms with Crippen molar-refractivity contribution >= 4 is 5.91 Å². The summed E-state index contributed by atoms with van der Waals surface area (Å²) >= 11 is 0. The minimum atomic E-state index is -2.82. The van der Waals surface area contributed by atoms with Gasteiger partial charge in [-0.25, -0.2) is 0 Å². The molecule has 0 fully saturated rings. The molecule has 0 aromatic heterocycles. The molecule has 0 saturated carbocycles. The lowest BCUT2D eigenvalue weighted by Crippen LogP contribution is -2.33. The molecule has 6 heteroatoms. The molecule has 0 bridgehead atoms. The second kappa shape index (κ2) is 7.93. The molecule has 0 atom stereocenters. The smallest absolute Gasteiger partial charge is 0.387 e. The van der Waals surface area contributed by atoms with Crippen LogP contribution < -0.4 is 10.1 Å². The van der Waals surface area contributed by atoms with Crippen LogP contribution in [0.5, 0.6) is 5.75 Å². The molecule has 1 aromatic carbocycles. The van der Waals surface area contributed by atoms with E-state index in [1.165, 1.54) is 12.1 Å². The molecule has 1 aromatic rings. The molecule has 0 radical (unpaired) electrons. The van der Waals surface area contributed by atoms with E-state index in [0.29, 0.717) is 13.0 Å². The average Bonchev–Trinajstić information content (AvgIpc) is 2.37. The third kappa shape index (κ3) is 8.24. The molecule has 118 valence electrons. The molecule has 1 rings (SSSR count). The van der Waals surface area contributed by atoms with Crippen LogP contribution in [0.3, 0.4) is 0 Å². The Morgan fingerprint density at radius 3 is 2.38 bits per heavy atom. The summed E-state index contributed by atoms with van der Waals surface area (Å²) in [4.78, 5) is 11.5. The number of alkyl halides is 2. The van der Waals surface area contributed by atoms with Gasteiger partial charge in [0.05, 0.1) is 5.60 Å². The summed E-state index contributed by atoms with van der Waals surface area (Å²) in [5.41, 5.74) is 0.575. The second-order valence-electron chi connectivity index (χ2n) is 5.52.